The normalized spacial score (nSPS) is 12.9. The number of hydrogen-bond donors (Lipinski definition) is 3. The second-order valence-electron chi connectivity index (χ2n) is 5.08. The topological polar surface area (TPSA) is 78.8 Å². The van der Waals surface area contributed by atoms with E-state index in [9.17, 15) is 15.0 Å². The fourth-order valence-corrected chi connectivity index (χ4v) is 1.46. The molecule has 0 heterocycles. The Bertz CT molecular complexity index is 437. The van der Waals surface area contributed by atoms with Gasteiger partial charge in [0.05, 0.1) is 6.04 Å². The van der Waals surface area contributed by atoms with Gasteiger partial charge in [0.25, 0.3) is 0 Å². The summed E-state index contributed by atoms with van der Waals surface area (Å²) in [6, 6.07) is 4.13. The maximum Gasteiger partial charge on any atom is 0.408 e. The van der Waals surface area contributed by atoms with Crippen LogP contribution in [0.5, 0.6) is 11.5 Å². The van der Waals surface area contributed by atoms with Gasteiger partial charge in [-0.05, 0) is 33.8 Å². The number of carbonyl (C=O) groups excluding carboxylic acids is 1. The van der Waals surface area contributed by atoms with Gasteiger partial charge in [-0.2, -0.15) is 0 Å². The van der Waals surface area contributed by atoms with Crippen molar-refractivity contribution in [2.24, 2.45) is 0 Å². The highest BCUT2D eigenvalue weighted by Crippen LogP contribution is 2.32. The van der Waals surface area contributed by atoms with Crippen molar-refractivity contribution < 1.29 is 19.7 Å². The van der Waals surface area contributed by atoms with E-state index in [1.807, 2.05) is 0 Å². The Morgan fingerprint density at radius 1 is 1.33 bits per heavy atom. The summed E-state index contributed by atoms with van der Waals surface area (Å²) in [7, 11) is 0. The molecule has 0 fully saturated rings. The van der Waals surface area contributed by atoms with Crippen LogP contribution in [0.15, 0.2) is 18.2 Å². The van der Waals surface area contributed by atoms with Gasteiger partial charge in [0.1, 0.15) is 5.60 Å². The van der Waals surface area contributed by atoms with Gasteiger partial charge < -0.3 is 20.3 Å². The molecule has 1 rings (SSSR count). The minimum absolute atomic E-state index is 0.217. The predicted molar refractivity (Wildman–Crippen MR) is 67.6 cm³/mol. The number of nitrogens with one attached hydrogen (secondary N) is 1. The van der Waals surface area contributed by atoms with Gasteiger partial charge in [-0.15, -0.1) is 0 Å². The van der Waals surface area contributed by atoms with Crippen molar-refractivity contribution in [1.29, 1.82) is 0 Å². The Morgan fingerprint density at radius 2 is 1.94 bits per heavy atom. The highest BCUT2D eigenvalue weighted by Gasteiger charge is 2.20. The van der Waals surface area contributed by atoms with Gasteiger partial charge in [0.15, 0.2) is 11.5 Å². The van der Waals surface area contributed by atoms with Gasteiger partial charge in [-0.3, -0.25) is 0 Å². The standard InChI is InChI=1S/C13H19NO4/c1-8(14-12(17)18-13(2,3)4)9-6-5-7-10(15)11(9)16/h5-8,15-16H,1-4H3,(H,14,17). The van der Waals surface area contributed by atoms with Crippen LogP contribution in [-0.2, 0) is 4.74 Å². The average molecular weight is 253 g/mol. The first kappa shape index (κ1) is 14.2. The Morgan fingerprint density at radius 3 is 2.50 bits per heavy atom. The third kappa shape index (κ3) is 3.84. The van der Waals surface area contributed by atoms with Crippen molar-refractivity contribution >= 4 is 6.09 Å². The van der Waals surface area contributed by atoms with Crippen molar-refractivity contribution in [2.45, 2.75) is 39.3 Å². The van der Waals surface area contributed by atoms with Gasteiger partial charge >= 0.3 is 6.09 Å². The molecule has 0 aliphatic heterocycles. The van der Waals surface area contributed by atoms with Crippen LogP contribution < -0.4 is 5.32 Å². The van der Waals surface area contributed by atoms with Gasteiger partial charge in [-0.1, -0.05) is 12.1 Å². The number of phenols is 2. The molecule has 0 radical (unpaired) electrons. The molecule has 1 aromatic rings. The Balaban J connectivity index is 2.74. The molecule has 0 spiro atoms. The van der Waals surface area contributed by atoms with E-state index >= 15 is 0 Å². The molecule has 1 amide bonds. The minimum Gasteiger partial charge on any atom is -0.504 e. The number of amides is 1. The zero-order chi connectivity index (χ0) is 13.9. The van der Waals surface area contributed by atoms with Crippen LogP contribution in [0.1, 0.15) is 39.3 Å². The highest BCUT2D eigenvalue weighted by atomic mass is 16.6. The molecule has 0 saturated carbocycles. The number of carbonyl (C=O) groups is 1. The van der Waals surface area contributed by atoms with E-state index in [4.69, 9.17) is 4.74 Å². The van der Waals surface area contributed by atoms with Crippen molar-refractivity contribution in [3.63, 3.8) is 0 Å². The molecule has 3 N–H and O–H groups in total. The highest BCUT2D eigenvalue weighted by molar-refractivity contribution is 5.68. The molecule has 5 heteroatoms. The van der Waals surface area contributed by atoms with Crippen molar-refractivity contribution in [1.82, 2.24) is 5.32 Å². The van der Waals surface area contributed by atoms with Crippen LogP contribution >= 0.6 is 0 Å². The Hall–Kier alpha value is -1.91. The number of alkyl carbamates (subject to hydrolysis) is 1. The number of phenolic OH excluding ortho intramolecular Hbond substituents is 2. The molecule has 0 aliphatic carbocycles. The second kappa shape index (κ2) is 5.16. The van der Waals surface area contributed by atoms with E-state index in [1.165, 1.54) is 6.07 Å². The number of rotatable bonds is 2. The zero-order valence-corrected chi connectivity index (χ0v) is 11.0. The number of ether oxygens (including phenoxy) is 1. The minimum atomic E-state index is -0.579. The lowest BCUT2D eigenvalue weighted by molar-refractivity contribution is 0.0507. The SMILES string of the molecule is CC(NC(=O)OC(C)(C)C)c1cccc(O)c1O. The molecule has 0 aliphatic rings. The first-order chi connectivity index (χ1) is 8.20. The zero-order valence-electron chi connectivity index (χ0n) is 11.0. The molecular weight excluding hydrogens is 234 g/mol. The quantitative estimate of drug-likeness (QED) is 0.708. The van der Waals surface area contributed by atoms with Crippen molar-refractivity contribution in [3.8, 4) is 11.5 Å². The van der Waals surface area contributed by atoms with E-state index < -0.39 is 17.7 Å². The van der Waals surface area contributed by atoms with Crippen molar-refractivity contribution in [2.75, 3.05) is 0 Å². The summed E-state index contributed by atoms with van der Waals surface area (Å²) in [4.78, 5) is 11.6. The molecule has 1 aromatic carbocycles. The monoisotopic (exact) mass is 253 g/mol. The maximum atomic E-state index is 11.6. The molecule has 0 bridgehead atoms. The van der Waals surface area contributed by atoms with E-state index in [0.717, 1.165) is 0 Å². The van der Waals surface area contributed by atoms with E-state index in [-0.39, 0.29) is 11.5 Å². The van der Waals surface area contributed by atoms with Crippen LogP contribution in [0.2, 0.25) is 0 Å². The van der Waals surface area contributed by atoms with Crippen LogP contribution in [-0.4, -0.2) is 21.9 Å². The summed E-state index contributed by atoms with van der Waals surface area (Å²) in [5.74, 6) is -0.452. The molecule has 0 aromatic heterocycles. The molecule has 100 valence electrons. The van der Waals surface area contributed by atoms with Crippen molar-refractivity contribution in [3.05, 3.63) is 23.8 Å². The molecular formula is C13H19NO4. The Kier molecular flexibility index (Phi) is 4.06. The third-order valence-corrected chi connectivity index (χ3v) is 2.25. The van der Waals surface area contributed by atoms with Gasteiger partial charge in [-0.25, -0.2) is 4.79 Å². The van der Waals surface area contributed by atoms with E-state index in [1.54, 1.807) is 39.8 Å². The number of aromatic hydroxyl groups is 2. The molecule has 1 unspecified atom stereocenters. The van der Waals surface area contributed by atoms with Crippen LogP contribution in [0.3, 0.4) is 0 Å². The molecule has 5 nitrogen and oxygen atoms in total. The summed E-state index contributed by atoms with van der Waals surface area (Å²) in [6.45, 7) is 6.99. The average Bonchev–Trinajstić information content (AvgIpc) is 2.18. The maximum absolute atomic E-state index is 11.6. The van der Waals surface area contributed by atoms with Gasteiger partial charge in [0, 0.05) is 5.56 Å². The van der Waals surface area contributed by atoms with Crippen LogP contribution in [0, 0.1) is 0 Å². The van der Waals surface area contributed by atoms with Gasteiger partial charge in [0.2, 0.25) is 0 Å². The fourth-order valence-electron chi connectivity index (χ4n) is 1.46. The fraction of sp³-hybridized carbons (Fsp3) is 0.462. The number of para-hydroxylation sites is 1. The number of benzene rings is 1. The largest absolute Gasteiger partial charge is 0.504 e. The lowest BCUT2D eigenvalue weighted by Crippen LogP contribution is -2.34. The molecule has 1 atom stereocenters. The van der Waals surface area contributed by atoms with E-state index in [2.05, 4.69) is 5.32 Å². The Labute approximate surface area is 106 Å². The second-order valence-corrected chi connectivity index (χ2v) is 5.08. The lowest BCUT2D eigenvalue weighted by atomic mass is 10.1. The summed E-state index contributed by atoms with van der Waals surface area (Å²) in [5, 5.41) is 21.6. The first-order valence-corrected chi connectivity index (χ1v) is 5.71. The number of hydrogen-bond acceptors (Lipinski definition) is 4. The lowest BCUT2D eigenvalue weighted by Gasteiger charge is -2.22. The van der Waals surface area contributed by atoms with Crippen LogP contribution in [0.25, 0.3) is 0 Å². The van der Waals surface area contributed by atoms with Crippen LogP contribution in [0.4, 0.5) is 4.79 Å². The summed E-state index contributed by atoms with van der Waals surface area (Å²) in [5.41, 5.74) is -0.147. The third-order valence-electron chi connectivity index (χ3n) is 2.25. The van der Waals surface area contributed by atoms with E-state index in [0.29, 0.717) is 5.56 Å². The smallest absolute Gasteiger partial charge is 0.408 e. The summed E-state index contributed by atoms with van der Waals surface area (Å²) < 4.78 is 5.11. The summed E-state index contributed by atoms with van der Waals surface area (Å²) >= 11 is 0. The summed E-state index contributed by atoms with van der Waals surface area (Å²) in [6.07, 6.45) is -0.572. The molecule has 18 heavy (non-hydrogen) atoms. The molecule has 0 saturated heterocycles. The first-order valence-electron chi connectivity index (χ1n) is 5.71. The predicted octanol–water partition coefficient (Wildman–Crippen LogP) is 2.68.